The van der Waals surface area contributed by atoms with Crippen molar-refractivity contribution in [2.24, 2.45) is 5.41 Å². The van der Waals surface area contributed by atoms with Crippen LogP contribution in [0.1, 0.15) is 34.1 Å². The predicted molar refractivity (Wildman–Crippen MR) is 67.7 cm³/mol. The Morgan fingerprint density at radius 2 is 2.00 bits per heavy atom. The second-order valence-corrected chi connectivity index (χ2v) is 4.90. The van der Waals surface area contributed by atoms with Gasteiger partial charge in [-0.25, -0.2) is 0 Å². The summed E-state index contributed by atoms with van der Waals surface area (Å²) in [6, 6.07) is 2.04. The molecule has 0 heterocycles. The van der Waals surface area contributed by atoms with Crippen molar-refractivity contribution in [2.45, 2.75) is 40.2 Å². The molecular weight excluding hydrogens is 232 g/mol. The number of ether oxygens (including phenoxy) is 1. The van der Waals surface area contributed by atoms with Crippen molar-refractivity contribution in [2.75, 3.05) is 20.2 Å². The SMILES string of the molecule is CCOC(=O)C(C)(C)C(=O)CN(C)C(C)CC#N. The summed E-state index contributed by atoms with van der Waals surface area (Å²) in [4.78, 5) is 25.5. The Morgan fingerprint density at radius 3 is 2.44 bits per heavy atom. The molecule has 5 heteroatoms. The fourth-order valence-electron chi connectivity index (χ4n) is 1.29. The molecular formula is C13H22N2O3. The molecule has 0 aromatic heterocycles. The summed E-state index contributed by atoms with van der Waals surface area (Å²) >= 11 is 0. The number of Topliss-reactive ketones (excluding diaryl/α,β-unsaturated/α-hetero) is 1. The van der Waals surface area contributed by atoms with Crippen molar-refractivity contribution in [1.29, 1.82) is 5.26 Å². The number of nitriles is 1. The zero-order valence-corrected chi connectivity index (χ0v) is 11.8. The van der Waals surface area contributed by atoms with E-state index < -0.39 is 11.4 Å². The van der Waals surface area contributed by atoms with Crippen LogP contribution < -0.4 is 0 Å². The summed E-state index contributed by atoms with van der Waals surface area (Å²) in [5, 5.41) is 8.60. The van der Waals surface area contributed by atoms with Crippen LogP contribution in [-0.4, -0.2) is 42.9 Å². The maximum Gasteiger partial charge on any atom is 0.319 e. The standard InChI is InChI=1S/C13H22N2O3/c1-6-18-12(17)13(3,4)11(16)9-15(5)10(2)7-8-14/h10H,6-7,9H2,1-5H3. The first-order valence-corrected chi connectivity index (χ1v) is 6.05. The van der Waals surface area contributed by atoms with E-state index in [9.17, 15) is 9.59 Å². The van der Waals surface area contributed by atoms with Crippen molar-refractivity contribution in [3.63, 3.8) is 0 Å². The van der Waals surface area contributed by atoms with E-state index in [4.69, 9.17) is 10.00 Å². The number of hydrogen-bond acceptors (Lipinski definition) is 5. The van der Waals surface area contributed by atoms with Gasteiger partial charge in [-0.3, -0.25) is 14.5 Å². The molecule has 0 radical (unpaired) electrons. The van der Waals surface area contributed by atoms with Crippen LogP contribution in [0.2, 0.25) is 0 Å². The lowest BCUT2D eigenvalue weighted by atomic mass is 9.87. The van der Waals surface area contributed by atoms with Crippen LogP contribution in [0.5, 0.6) is 0 Å². The summed E-state index contributed by atoms with van der Waals surface area (Å²) < 4.78 is 4.89. The largest absolute Gasteiger partial charge is 0.465 e. The molecule has 0 aliphatic carbocycles. The first-order chi connectivity index (χ1) is 8.27. The highest BCUT2D eigenvalue weighted by atomic mass is 16.5. The van der Waals surface area contributed by atoms with Gasteiger partial charge >= 0.3 is 5.97 Å². The van der Waals surface area contributed by atoms with Crippen molar-refractivity contribution >= 4 is 11.8 Å². The number of nitrogens with zero attached hydrogens (tertiary/aromatic N) is 2. The van der Waals surface area contributed by atoms with Crippen molar-refractivity contribution in [1.82, 2.24) is 4.90 Å². The molecule has 0 aliphatic rings. The minimum Gasteiger partial charge on any atom is -0.465 e. The summed E-state index contributed by atoms with van der Waals surface area (Å²) in [7, 11) is 1.77. The van der Waals surface area contributed by atoms with Crippen LogP contribution in [0, 0.1) is 16.7 Å². The monoisotopic (exact) mass is 254 g/mol. The van der Waals surface area contributed by atoms with E-state index in [1.54, 1.807) is 32.7 Å². The van der Waals surface area contributed by atoms with Gasteiger partial charge < -0.3 is 4.74 Å². The Morgan fingerprint density at radius 1 is 1.44 bits per heavy atom. The quantitative estimate of drug-likeness (QED) is 0.507. The molecule has 0 aromatic carbocycles. The summed E-state index contributed by atoms with van der Waals surface area (Å²) in [6.07, 6.45) is 0.351. The minimum atomic E-state index is -1.14. The molecule has 1 atom stereocenters. The van der Waals surface area contributed by atoms with Gasteiger partial charge in [-0.1, -0.05) is 0 Å². The van der Waals surface area contributed by atoms with E-state index in [0.29, 0.717) is 6.42 Å². The number of carbonyl (C=O) groups excluding carboxylic acids is 2. The molecule has 1 unspecified atom stereocenters. The highest BCUT2D eigenvalue weighted by molar-refractivity contribution is 6.03. The van der Waals surface area contributed by atoms with E-state index in [-0.39, 0.29) is 25.0 Å². The molecule has 0 bridgehead atoms. The lowest BCUT2D eigenvalue weighted by Gasteiger charge is -2.27. The topological polar surface area (TPSA) is 70.4 Å². The zero-order valence-electron chi connectivity index (χ0n) is 11.8. The maximum atomic E-state index is 12.1. The predicted octanol–water partition coefficient (Wildman–Crippen LogP) is 1.38. The summed E-state index contributed by atoms with van der Waals surface area (Å²) in [6.45, 7) is 7.10. The van der Waals surface area contributed by atoms with E-state index in [1.807, 2.05) is 6.92 Å². The van der Waals surface area contributed by atoms with Crippen molar-refractivity contribution < 1.29 is 14.3 Å². The summed E-state index contributed by atoms with van der Waals surface area (Å²) in [5.74, 6) is -0.704. The number of ketones is 1. The Bertz CT molecular complexity index is 345. The van der Waals surface area contributed by atoms with Gasteiger partial charge in [0.15, 0.2) is 5.78 Å². The van der Waals surface area contributed by atoms with E-state index in [0.717, 1.165) is 0 Å². The van der Waals surface area contributed by atoms with Gasteiger partial charge in [0.05, 0.1) is 25.6 Å². The Hall–Kier alpha value is -1.41. The van der Waals surface area contributed by atoms with E-state index >= 15 is 0 Å². The highest BCUT2D eigenvalue weighted by Gasteiger charge is 2.37. The number of likely N-dealkylation sites (N-methyl/N-ethyl adjacent to an activating group) is 1. The molecule has 0 aliphatic heterocycles. The first kappa shape index (κ1) is 16.6. The Kier molecular flexibility index (Phi) is 6.56. The molecule has 18 heavy (non-hydrogen) atoms. The van der Waals surface area contributed by atoms with Crippen LogP contribution in [0.25, 0.3) is 0 Å². The second-order valence-electron chi connectivity index (χ2n) is 4.90. The third kappa shape index (κ3) is 4.46. The lowest BCUT2D eigenvalue weighted by Crippen LogP contribution is -2.43. The van der Waals surface area contributed by atoms with Crippen LogP contribution in [0.4, 0.5) is 0 Å². The fraction of sp³-hybridized carbons (Fsp3) is 0.769. The minimum absolute atomic E-state index is 0.0167. The first-order valence-electron chi connectivity index (χ1n) is 6.05. The average Bonchev–Trinajstić information content (AvgIpc) is 2.29. The molecule has 0 N–H and O–H groups in total. The summed E-state index contributed by atoms with van der Waals surface area (Å²) in [5.41, 5.74) is -1.14. The molecule has 0 saturated carbocycles. The van der Waals surface area contributed by atoms with Gasteiger partial charge in [0.25, 0.3) is 0 Å². The number of esters is 1. The Balaban J connectivity index is 4.57. The van der Waals surface area contributed by atoms with Crippen molar-refractivity contribution in [3.05, 3.63) is 0 Å². The molecule has 0 rings (SSSR count). The van der Waals surface area contributed by atoms with Crippen LogP contribution in [0.3, 0.4) is 0 Å². The van der Waals surface area contributed by atoms with E-state index in [2.05, 4.69) is 6.07 Å². The highest BCUT2D eigenvalue weighted by Crippen LogP contribution is 2.20. The third-order valence-electron chi connectivity index (χ3n) is 3.01. The fourth-order valence-corrected chi connectivity index (χ4v) is 1.29. The smallest absolute Gasteiger partial charge is 0.319 e. The average molecular weight is 254 g/mol. The van der Waals surface area contributed by atoms with Gasteiger partial charge in [-0.05, 0) is 34.7 Å². The van der Waals surface area contributed by atoms with Gasteiger partial charge in [0.2, 0.25) is 0 Å². The van der Waals surface area contributed by atoms with Gasteiger partial charge in [0, 0.05) is 6.04 Å². The lowest BCUT2D eigenvalue weighted by molar-refractivity contribution is -0.158. The molecule has 0 aromatic rings. The van der Waals surface area contributed by atoms with Crippen LogP contribution in [0.15, 0.2) is 0 Å². The maximum absolute atomic E-state index is 12.1. The number of hydrogen-bond donors (Lipinski definition) is 0. The van der Waals surface area contributed by atoms with Gasteiger partial charge in [0.1, 0.15) is 5.41 Å². The van der Waals surface area contributed by atoms with Gasteiger partial charge in [-0.15, -0.1) is 0 Å². The molecule has 0 saturated heterocycles. The van der Waals surface area contributed by atoms with Crippen molar-refractivity contribution in [3.8, 4) is 6.07 Å². The molecule has 0 spiro atoms. The molecule has 5 nitrogen and oxygen atoms in total. The molecule has 0 fully saturated rings. The number of carbonyl (C=O) groups is 2. The molecule has 102 valence electrons. The molecule has 0 amide bonds. The van der Waals surface area contributed by atoms with Crippen LogP contribution >= 0.6 is 0 Å². The van der Waals surface area contributed by atoms with Gasteiger partial charge in [-0.2, -0.15) is 5.26 Å². The number of rotatable bonds is 7. The van der Waals surface area contributed by atoms with E-state index in [1.165, 1.54) is 0 Å². The Labute approximate surface area is 109 Å². The second kappa shape index (κ2) is 7.12. The normalized spacial score (nSPS) is 12.9. The third-order valence-corrected chi connectivity index (χ3v) is 3.01. The van der Waals surface area contributed by atoms with Crippen LogP contribution in [-0.2, 0) is 14.3 Å². The zero-order chi connectivity index (χ0) is 14.3.